The van der Waals surface area contributed by atoms with Gasteiger partial charge in [-0.3, -0.25) is 4.79 Å². The highest BCUT2D eigenvalue weighted by Gasteiger charge is 2.32. The maximum absolute atomic E-state index is 12.5. The molecule has 8 heteroatoms. The van der Waals surface area contributed by atoms with E-state index >= 15 is 0 Å². The number of carbonyl (C=O) groups is 1. The van der Waals surface area contributed by atoms with Crippen LogP contribution in [-0.2, 0) is 11.3 Å². The minimum absolute atomic E-state index is 0. The van der Waals surface area contributed by atoms with Crippen molar-refractivity contribution in [3.8, 4) is 17.4 Å². The first-order valence-electron chi connectivity index (χ1n) is 8.82. The minimum Gasteiger partial charge on any atom is -0.497 e. The van der Waals surface area contributed by atoms with Crippen molar-refractivity contribution in [3.63, 3.8) is 0 Å². The molecule has 0 unspecified atom stereocenters. The number of aromatic nitrogens is 1. The van der Waals surface area contributed by atoms with Crippen molar-refractivity contribution in [2.24, 2.45) is 11.1 Å². The number of nitrogens with zero attached hydrogens (tertiary/aromatic N) is 1. The van der Waals surface area contributed by atoms with Crippen molar-refractivity contribution in [2.75, 3.05) is 13.7 Å². The fourth-order valence-corrected chi connectivity index (χ4v) is 2.68. The maximum Gasteiger partial charge on any atom is 0.227 e. The summed E-state index contributed by atoms with van der Waals surface area (Å²) in [5.41, 5.74) is 6.21. The van der Waals surface area contributed by atoms with Crippen LogP contribution in [0.1, 0.15) is 32.3 Å². The molecule has 1 amide bonds. The van der Waals surface area contributed by atoms with Crippen molar-refractivity contribution >= 4 is 30.7 Å². The van der Waals surface area contributed by atoms with Crippen molar-refractivity contribution in [1.82, 2.24) is 10.3 Å². The molecule has 156 valence electrons. The summed E-state index contributed by atoms with van der Waals surface area (Å²) in [6.45, 7) is 4.73. The van der Waals surface area contributed by atoms with Gasteiger partial charge in [0.05, 0.1) is 12.5 Å². The number of pyridine rings is 1. The Morgan fingerprint density at radius 1 is 1.14 bits per heavy atom. The van der Waals surface area contributed by atoms with Gasteiger partial charge in [0.2, 0.25) is 11.8 Å². The average molecular weight is 430 g/mol. The molecule has 0 bridgehead atoms. The number of nitrogens with two attached hydrogens (primary N) is 1. The molecular weight excluding hydrogens is 401 g/mol. The summed E-state index contributed by atoms with van der Waals surface area (Å²) in [4.78, 5) is 16.7. The van der Waals surface area contributed by atoms with Gasteiger partial charge in [0.1, 0.15) is 11.5 Å². The second kappa shape index (κ2) is 12.4. The van der Waals surface area contributed by atoms with Gasteiger partial charge in [-0.1, -0.05) is 26.0 Å². The van der Waals surface area contributed by atoms with Crippen LogP contribution in [0.25, 0.3) is 0 Å². The summed E-state index contributed by atoms with van der Waals surface area (Å²) in [6.07, 6.45) is 3.13. The highest BCUT2D eigenvalue weighted by Crippen LogP contribution is 2.26. The van der Waals surface area contributed by atoms with Crippen molar-refractivity contribution in [2.45, 2.75) is 33.2 Å². The van der Waals surface area contributed by atoms with Crippen molar-refractivity contribution in [3.05, 3.63) is 48.2 Å². The number of benzene rings is 1. The van der Waals surface area contributed by atoms with Gasteiger partial charge in [0.25, 0.3) is 0 Å². The zero-order chi connectivity index (χ0) is 19.0. The molecule has 0 fully saturated rings. The monoisotopic (exact) mass is 429 g/mol. The van der Waals surface area contributed by atoms with Crippen LogP contribution in [0.2, 0.25) is 0 Å². The molecule has 1 heterocycles. The van der Waals surface area contributed by atoms with E-state index in [1.165, 1.54) is 0 Å². The van der Waals surface area contributed by atoms with Crippen LogP contribution in [-0.4, -0.2) is 24.5 Å². The Bertz CT molecular complexity index is 715. The summed E-state index contributed by atoms with van der Waals surface area (Å²) < 4.78 is 10.9. The van der Waals surface area contributed by atoms with E-state index in [1.54, 1.807) is 25.4 Å². The van der Waals surface area contributed by atoms with Gasteiger partial charge in [-0.15, -0.1) is 24.8 Å². The Hall–Kier alpha value is -2.02. The first-order chi connectivity index (χ1) is 12.6. The Morgan fingerprint density at radius 2 is 1.82 bits per heavy atom. The molecule has 0 aliphatic carbocycles. The van der Waals surface area contributed by atoms with Gasteiger partial charge >= 0.3 is 0 Å². The van der Waals surface area contributed by atoms with Crippen LogP contribution in [0, 0.1) is 5.41 Å². The molecule has 1 aromatic carbocycles. The van der Waals surface area contributed by atoms with Gasteiger partial charge in [0.15, 0.2) is 0 Å². The molecule has 0 aliphatic rings. The Balaban J connectivity index is 0.00000364. The lowest BCUT2D eigenvalue weighted by atomic mass is 9.81. The SMILES string of the molecule is CCC(CC)(CN)C(=O)NCc1ccc(Oc2cccc(OC)c2)nc1.Cl.Cl. The van der Waals surface area contributed by atoms with E-state index in [1.807, 2.05) is 38.1 Å². The van der Waals surface area contributed by atoms with Crippen molar-refractivity contribution in [1.29, 1.82) is 0 Å². The van der Waals surface area contributed by atoms with E-state index in [-0.39, 0.29) is 30.7 Å². The summed E-state index contributed by atoms with van der Waals surface area (Å²) in [5.74, 6) is 1.84. The molecule has 0 saturated carbocycles. The summed E-state index contributed by atoms with van der Waals surface area (Å²) in [5, 5.41) is 2.96. The van der Waals surface area contributed by atoms with Crippen LogP contribution < -0.4 is 20.5 Å². The highest BCUT2D eigenvalue weighted by molar-refractivity contribution is 5.85. The normalized spacial score (nSPS) is 10.3. The van der Waals surface area contributed by atoms with Gasteiger partial charge in [-0.25, -0.2) is 4.98 Å². The number of halogens is 2. The number of ether oxygens (including phenoxy) is 2. The summed E-state index contributed by atoms with van der Waals surface area (Å²) in [6, 6.07) is 11.0. The van der Waals surface area contributed by atoms with E-state index in [9.17, 15) is 4.79 Å². The molecule has 28 heavy (non-hydrogen) atoms. The van der Waals surface area contributed by atoms with E-state index < -0.39 is 5.41 Å². The first kappa shape index (κ1) is 26.0. The third kappa shape index (κ3) is 6.55. The average Bonchev–Trinajstić information content (AvgIpc) is 2.69. The quantitative estimate of drug-likeness (QED) is 0.626. The number of carbonyl (C=O) groups excluding carboxylic acids is 1. The molecule has 0 atom stereocenters. The van der Waals surface area contributed by atoms with Gasteiger partial charge in [0, 0.05) is 31.4 Å². The molecule has 2 aromatic rings. The second-order valence-corrected chi connectivity index (χ2v) is 6.16. The standard InChI is InChI=1S/C20H27N3O3.2ClH/c1-4-20(5-2,14-21)19(24)23-13-15-9-10-18(22-12-15)26-17-8-6-7-16(11-17)25-3;;/h6-12H,4-5,13-14,21H2,1-3H3,(H,23,24);2*1H. The van der Waals surface area contributed by atoms with Crippen LogP contribution in [0.15, 0.2) is 42.6 Å². The molecule has 3 N–H and O–H groups in total. The Morgan fingerprint density at radius 3 is 2.36 bits per heavy atom. The lowest BCUT2D eigenvalue weighted by Crippen LogP contribution is -2.45. The van der Waals surface area contributed by atoms with Crippen LogP contribution in [0.4, 0.5) is 0 Å². The van der Waals surface area contributed by atoms with E-state index in [2.05, 4.69) is 10.3 Å². The van der Waals surface area contributed by atoms with E-state index in [4.69, 9.17) is 15.2 Å². The Labute approximate surface area is 179 Å². The van der Waals surface area contributed by atoms with E-state index in [0.29, 0.717) is 24.7 Å². The van der Waals surface area contributed by atoms with Crippen LogP contribution >= 0.6 is 24.8 Å². The number of rotatable bonds is 9. The maximum atomic E-state index is 12.5. The van der Waals surface area contributed by atoms with Crippen LogP contribution in [0.3, 0.4) is 0 Å². The third-order valence-electron chi connectivity index (χ3n) is 4.74. The molecule has 0 saturated heterocycles. The van der Waals surface area contributed by atoms with Gasteiger partial charge in [-0.05, 0) is 30.5 Å². The van der Waals surface area contributed by atoms with Crippen LogP contribution in [0.5, 0.6) is 17.4 Å². The predicted molar refractivity (Wildman–Crippen MR) is 116 cm³/mol. The number of nitrogens with one attached hydrogen (secondary N) is 1. The fraction of sp³-hybridized carbons (Fsp3) is 0.400. The molecular formula is C20H29Cl2N3O3. The molecule has 0 radical (unpaired) electrons. The Kier molecular flexibility index (Phi) is 11.5. The molecule has 0 aliphatic heterocycles. The third-order valence-corrected chi connectivity index (χ3v) is 4.74. The van der Waals surface area contributed by atoms with E-state index in [0.717, 1.165) is 24.2 Å². The summed E-state index contributed by atoms with van der Waals surface area (Å²) in [7, 11) is 1.61. The second-order valence-electron chi connectivity index (χ2n) is 6.16. The number of hydrogen-bond donors (Lipinski definition) is 2. The smallest absolute Gasteiger partial charge is 0.227 e. The molecule has 2 rings (SSSR count). The topological polar surface area (TPSA) is 86.5 Å². The summed E-state index contributed by atoms with van der Waals surface area (Å²) >= 11 is 0. The number of amides is 1. The number of hydrogen-bond acceptors (Lipinski definition) is 5. The fourth-order valence-electron chi connectivity index (χ4n) is 2.68. The minimum atomic E-state index is -0.497. The predicted octanol–water partition coefficient (Wildman–Crippen LogP) is 4.11. The zero-order valence-electron chi connectivity index (χ0n) is 16.4. The van der Waals surface area contributed by atoms with Gasteiger partial charge < -0.3 is 20.5 Å². The molecule has 6 nitrogen and oxygen atoms in total. The zero-order valence-corrected chi connectivity index (χ0v) is 18.1. The molecule has 0 spiro atoms. The number of methoxy groups -OCH3 is 1. The first-order valence-corrected chi connectivity index (χ1v) is 8.82. The molecule has 1 aromatic heterocycles. The lowest BCUT2D eigenvalue weighted by Gasteiger charge is -2.28. The largest absolute Gasteiger partial charge is 0.497 e. The van der Waals surface area contributed by atoms with Gasteiger partial charge in [-0.2, -0.15) is 0 Å². The lowest BCUT2D eigenvalue weighted by molar-refractivity contribution is -0.131. The highest BCUT2D eigenvalue weighted by atomic mass is 35.5. The van der Waals surface area contributed by atoms with Crippen molar-refractivity contribution < 1.29 is 14.3 Å².